The SMILES string of the molecule is Cc1ccc(-c2cc(C(=O)N/N=C/c3ccc(O)cc3)n[nH]2)s1. The number of nitrogens with one attached hydrogen (secondary N) is 2. The third kappa shape index (κ3) is 3.64. The number of aryl methyl sites for hydroxylation is 1. The first-order chi connectivity index (χ1) is 11.1. The van der Waals surface area contributed by atoms with Crippen molar-refractivity contribution in [2.24, 2.45) is 5.10 Å². The van der Waals surface area contributed by atoms with Crippen molar-refractivity contribution in [1.29, 1.82) is 0 Å². The number of hydrogen-bond donors (Lipinski definition) is 3. The van der Waals surface area contributed by atoms with E-state index >= 15 is 0 Å². The number of amides is 1. The highest BCUT2D eigenvalue weighted by molar-refractivity contribution is 7.15. The number of rotatable bonds is 4. The van der Waals surface area contributed by atoms with E-state index in [4.69, 9.17) is 0 Å². The summed E-state index contributed by atoms with van der Waals surface area (Å²) in [4.78, 5) is 14.2. The summed E-state index contributed by atoms with van der Waals surface area (Å²) >= 11 is 1.63. The first-order valence-electron chi connectivity index (χ1n) is 6.86. The zero-order valence-electron chi connectivity index (χ0n) is 12.3. The summed E-state index contributed by atoms with van der Waals surface area (Å²) in [5.41, 5.74) is 4.26. The Morgan fingerprint density at radius 3 is 2.78 bits per heavy atom. The number of phenolic OH excluding ortho intramolecular Hbond substituents is 1. The van der Waals surface area contributed by atoms with E-state index in [9.17, 15) is 9.90 Å². The van der Waals surface area contributed by atoms with Crippen molar-refractivity contribution in [2.75, 3.05) is 0 Å². The summed E-state index contributed by atoms with van der Waals surface area (Å²) in [5, 5.41) is 19.9. The Morgan fingerprint density at radius 2 is 2.09 bits per heavy atom. The predicted molar refractivity (Wildman–Crippen MR) is 89.8 cm³/mol. The van der Waals surface area contributed by atoms with Crippen LogP contribution in [0.5, 0.6) is 5.75 Å². The molecule has 3 N–H and O–H groups in total. The van der Waals surface area contributed by atoms with E-state index in [-0.39, 0.29) is 11.4 Å². The highest BCUT2D eigenvalue weighted by Crippen LogP contribution is 2.26. The van der Waals surface area contributed by atoms with E-state index < -0.39 is 5.91 Å². The third-order valence-corrected chi connectivity index (χ3v) is 4.12. The van der Waals surface area contributed by atoms with Crippen LogP contribution in [0.1, 0.15) is 20.9 Å². The van der Waals surface area contributed by atoms with E-state index in [0.29, 0.717) is 0 Å². The molecule has 0 radical (unpaired) electrons. The molecule has 0 bridgehead atoms. The van der Waals surface area contributed by atoms with Crippen molar-refractivity contribution in [3.05, 3.63) is 58.6 Å². The average molecular weight is 326 g/mol. The molecule has 0 aliphatic rings. The summed E-state index contributed by atoms with van der Waals surface area (Å²) < 4.78 is 0. The lowest BCUT2D eigenvalue weighted by Gasteiger charge is -1.95. The Morgan fingerprint density at radius 1 is 1.30 bits per heavy atom. The minimum absolute atomic E-state index is 0.180. The molecular weight excluding hydrogens is 312 g/mol. The first-order valence-corrected chi connectivity index (χ1v) is 7.68. The average Bonchev–Trinajstić information content (AvgIpc) is 3.18. The molecule has 0 aliphatic carbocycles. The van der Waals surface area contributed by atoms with Crippen molar-refractivity contribution in [1.82, 2.24) is 15.6 Å². The second-order valence-electron chi connectivity index (χ2n) is 4.87. The summed E-state index contributed by atoms with van der Waals surface area (Å²) in [6.07, 6.45) is 1.49. The minimum atomic E-state index is -0.393. The van der Waals surface area contributed by atoms with Gasteiger partial charge in [0.1, 0.15) is 5.75 Å². The lowest BCUT2D eigenvalue weighted by molar-refractivity contribution is 0.0950. The molecule has 23 heavy (non-hydrogen) atoms. The molecule has 3 aromatic rings. The van der Waals surface area contributed by atoms with Gasteiger partial charge >= 0.3 is 0 Å². The molecular formula is C16H14N4O2S. The fraction of sp³-hybridized carbons (Fsp3) is 0.0625. The van der Waals surface area contributed by atoms with Gasteiger partial charge in [-0.05, 0) is 55.0 Å². The standard InChI is InChI=1S/C16H14N4O2S/c1-10-2-7-15(23-10)13-8-14(19-18-13)16(22)20-17-9-11-3-5-12(21)6-4-11/h2-9,21H,1H3,(H,18,19)(H,20,22)/b17-9+. The van der Waals surface area contributed by atoms with Gasteiger partial charge in [-0.2, -0.15) is 10.2 Å². The molecule has 2 aromatic heterocycles. The fourth-order valence-electron chi connectivity index (χ4n) is 1.93. The van der Waals surface area contributed by atoms with Gasteiger partial charge in [0.25, 0.3) is 5.91 Å². The Hall–Kier alpha value is -2.93. The Labute approximate surface area is 136 Å². The fourth-order valence-corrected chi connectivity index (χ4v) is 2.76. The van der Waals surface area contributed by atoms with E-state index in [1.807, 2.05) is 19.1 Å². The number of benzene rings is 1. The lowest BCUT2D eigenvalue weighted by Crippen LogP contribution is -2.17. The van der Waals surface area contributed by atoms with Crippen molar-refractivity contribution in [3.8, 4) is 16.3 Å². The molecule has 0 fully saturated rings. The maximum atomic E-state index is 12.0. The van der Waals surface area contributed by atoms with Gasteiger partial charge in [-0.3, -0.25) is 9.89 Å². The van der Waals surface area contributed by atoms with Gasteiger partial charge < -0.3 is 5.11 Å². The number of carbonyl (C=O) groups excluding carboxylic acids is 1. The topological polar surface area (TPSA) is 90.4 Å². The van der Waals surface area contributed by atoms with Crippen LogP contribution in [0.3, 0.4) is 0 Å². The van der Waals surface area contributed by atoms with Crippen LogP contribution >= 0.6 is 11.3 Å². The number of carbonyl (C=O) groups is 1. The number of aromatic amines is 1. The molecule has 2 heterocycles. The quantitative estimate of drug-likeness (QED) is 0.508. The number of nitrogens with zero attached hydrogens (tertiary/aromatic N) is 2. The Bertz CT molecular complexity index is 849. The number of aromatic hydroxyl groups is 1. The van der Waals surface area contributed by atoms with Crippen LogP contribution in [0.4, 0.5) is 0 Å². The van der Waals surface area contributed by atoms with Crippen LogP contribution in [0.2, 0.25) is 0 Å². The van der Waals surface area contributed by atoms with E-state index in [1.165, 1.54) is 11.1 Å². The van der Waals surface area contributed by atoms with Gasteiger partial charge in [-0.1, -0.05) is 0 Å². The molecule has 1 aromatic carbocycles. The van der Waals surface area contributed by atoms with Crippen molar-refractivity contribution >= 4 is 23.5 Å². The van der Waals surface area contributed by atoms with Crippen LogP contribution < -0.4 is 5.43 Å². The maximum Gasteiger partial charge on any atom is 0.291 e. The minimum Gasteiger partial charge on any atom is -0.508 e. The van der Waals surface area contributed by atoms with Gasteiger partial charge in [-0.15, -0.1) is 11.3 Å². The molecule has 0 unspecified atom stereocenters. The van der Waals surface area contributed by atoms with Crippen LogP contribution in [-0.2, 0) is 0 Å². The van der Waals surface area contributed by atoms with E-state index in [2.05, 4.69) is 20.7 Å². The number of hydrogen-bond acceptors (Lipinski definition) is 5. The van der Waals surface area contributed by atoms with Gasteiger partial charge in [0.2, 0.25) is 0 Å². The predicted octanol–water partition coefficient (Wildman–Crippen LogP) is 2.92. The summed E-state index contributed by atoms with van der Waals surface area (Å²) in [5.74, 6) is -0.213. The lowest BCUT2D eigenvalue weighted by atomic mass is 10.2. The molecule has 0 saturated carbocycles. The van der Waals surface area contributed by atoms with E-state index in [0.717, 1.165) is 16.1 Å². The third-order valence-electron chi connectivity index (χ3n) is 3.09. The molecule has 3 rings (SSSR count). The van der Waals surface area contributed by atoms with Gasteiger partial charge in [0.15, 0.2) is 5.69 Å². The Kier molecular flexibility index (Phi) is 4.20. The van der Waals surface area contributed by atoms with Gasteiger partial charge in [0.05, 0.1) is 16.8 Å². The number of thiophene rings is 1. The molecule has 116 valence electrons. The van der Waals surface area contributed by atoms with Crippen molar-refractivity contribution < 1.29 is 9.90 Å². The van der Waals surface area contributed by atoms with Crippen LogP contribution in [0, 0.1) is 6.92 Å². The highest BCUT2D eigenvalue weighted by Gasteiger charge is 2.11. The largest absolute Gasteiger partial charge is 0.508 e. The number of aromatic nitrogens is 2. The highest BCUT2D eigenvalue weighted by atomic mass is 32.1. The Balaban J connectivity index is 1.64. The van der Waals surface area contributed by atoms with Gasteiger partial charge in [0, 0.05) is 4.88 Å². The van der Waals surface area contributed by atoms with Crippen LogP contribution in [0.25, 0.3) is 10.6 Å². The van der Waals surface area contributed by atoms with Crippen molar-refractivity contribution in [2.45, 2.75) is 6.92 Å². The zero-order chi connectivity index (χ0) is 16.2. The molecule has 0 spiro atoms. The number of hydrazone groups is 1. The second kappa shape index (κ2) is 6.45. The maximum absolute atomic E-state index is 12.0. The van der Waals surface area contributed by atoms with Crippen LogP contribution in [-0.4, -0.2) is 27.4 Å². The molecule has 1 amide bonds. The summed E-state index contributed by atoms with van der Waals surface area (Å²) in [7, 11) is 0. The summed E-state index contributed by atoms with van der Waals surface area (Å²) in [6.45, 7) is 2.02. The smallest absolute Gasteiger partial charge is 0.291 e. The molecule has 6 nitrogen and oxygen atoms in total. The summed E-state index contributed by atoms with van der Waals surface area (Å²) in [6, 6.07) is 12.2. The number of H-pyrrole nitrogens is 1. The van der Waals surface area contributed by atoms with Crippen molar-refractivity contribution in [3.63, 3.8) is 0 Å². The van der Waals surface area contributed by atoms with Gasteiger partial charge in [-0.25, -0.2) is 5.43 Å². The normalized spacial score (nSPS) is 11.0. The molecule has 0 saturated heterocycles. The second-order valence-corrected chi connectivity index (χ2v) is 6.16. The molecule has 7 heteroatoms. The van der Waals surface area contributed by atoms with Crippen LogP contribution in [0.15, 0.2) is 47.6 Å². The monoisotopic (exact) mass is 326 g/mol. The van der Waals surface area contributed by atoms with E-state index in [1.54, 1.807) is 41.7 Å². The zero-order valence-corrected chi connectivity index (χ0v) is 13.1. The number of phenols is 1. The molecule has 0 atom stereocenters. The first kappa shape index (κ1) is 15.0. The molecule has 0 aliphatic heterocycles.